The summed E-state index contributed by atoms with van der Waals surface area (Å²) in [5.41, 5.74) is 0.125. The number of nitrogens with one attached hydrogen (secondary N) is 1. The van der Waals surface area contributed by atoms with Crippen molar-refractivity contribution in [2.75, 3.05) is 19.6 Å². The van der Waals surface area contributed by atoms with E-state index in [1.807, 2.05) is 0 Å². The number of rotatable bonds is 6. The second-order valence-electron chi connectivity index (χ2n) is 7.05. The van der Waals surface area contributed by atoms with E-state index in [1.165, 1.54) is 15.2 Å². The predicted molar refractivity (Wildman–Crippen MR) is 92.2 cm³/mol. The predicted octanol–water partition coefficient (Wildman–Crippen LogP) is 1.62. The lowest BCUT2D eigenvalue weighted by atomic mass is 10.0. The SMILES string of the molecule is CC(C)CCNC(=O)c1cn(C)nc1S(=O)(=O)N1CCC(C)CC1. The summed E-state index contributed by atoms with van der Waals surface area (Å²) in [6.45, 7) is 7.75. The van der Waals surface area contributed by atoms with E-state index in [9.17, 15) is 13.2 Å². The minimum Gasteiger partial charge on any atom is -0.352 e. The summed E-state index contributed by atoms with van der Waals surface area (Å²) in [7, 11) is -2.11. The summed E-state index contributed by atoms with van der Waals surface area (Å²) in [6.07, 6.45) is 3.99. The number of sulfonamides is 1. The number of nitrogens with zero attached hydrogens (tertiary/aromatic N) is 3. The van der Waals surface area contributed by atoms with E-state index in [4.69, 9.17) is 0 Å². The molecular formula is C16H28N4O3S. The highest BCUT2D eigenvalue weighted by Gasteiger charge is 2.34. The molecule has 0 aromatic carbocycles. The van der Waals surface area contributed by atoms with Gasteiger partial charge in [-0.25, -0.2) is 8.42 Å². The van der Waals surface area contributed by atoms with Crippen LogP contribution in [0.1, 0.15) is 50.4 Å². The highest BCUT2D eigenvalue weighted by molar-refractivity contribution is 7.89. The molecule has 0 unspecified atom stereocenters. The molecule has 1 aromatic heterocycles. The van der Waals surface area contributed by atoms with Crippen LogP contribution in [0.4, 0.5) is 0 Å². The largest absolute Gasteiger partial charge is 0.352 e. The van der Waals surface area contributed by atoms with Crippen LogP contribution in [0, 0.1) is 11.8 Å². The molecule has 24 heavy (non-hydrogen) atoms. The Balaban J connectivity index is 2.19. The van der Waals surface area contributed by atoms with Crippen LogP contribution in [0.2, 0.25) is 0 Å². The Morgan fingerprint density at radius 1 is 1.38 bits per heavy atom. The molecule has 0 atom stereocenters. The van der Waals surface area contributed by atoms with Crippen LogP contribution in [0.3, 0.4) is 0 Å². The number of hydrogen-bond acceptors (Lipinski definition) is 4. The van der Waals surface area contributed by atoms with Crippen molar-refractivity contribution in [3.05, 3.63) is 11.8 Å². The van der Waals surface area contributed by atoms with Crippen molar-refractivity contribution in [2.45, 2.75) is 45.1 Å². The molecule has 1 N–H and O–H groups in total. The van der Waals surface area contributed by atoms with Gasteiger partial charge in [-0.1, -0.05) is 20.8 Å². The van der Waals surface area contributed by atoms with Crippen LogP contribution in [-0.4, -0.2) is 48.0 Å². The fraction of sp³-hybridized carbons (Fsp3) is 0.750. The van der Waals surface area contributed by atoms with Crippen molar-refractivity contribution < 1.29 is 13.2 Å². The van der Waals surface area contributed by atoms with Gasteiger partial charge in [-0.15, -0.1) is 0 Å². The Kier molecular flexibility index (Phi) is 6.03. The summed E-state index contributed by atoms with van der Waals surface area (Å²) in [5, 5.41) is 6.72. The normalized spacial score (nSPS) is 17.4. The molecular weight excluding hydrogens is 328 g/mol. The van der Waals surface area contributed by atoms with Gasteiger partial charge in [-0.2, -0.15) is 9.40 Å². The number of aryl methyl sites for hydroxylation is 1. The molecule has 0 radical (unpaired) electrons. The molecule has 7 nitrogen and oxygen atoms in total. The second kappa shape index (κ2) is 7.65. The van der Waals surface area contributed by atoms with Crippen LogP contribution in [-0.2, 0) is 17.1 Å². The third kappa shape index (κ3) is 4.36. The van der Waals surface area contributed by atoms with Gasteiger partial charge in [0.2, 0.25) is 5.03 Å². The number of carbonyl (C=O) groups is 1. The van der Waals surface area contributed by atoms with E-state index < -0.39 is 10.0 Å². The third-order valence-corrected chi connectivity index (χ3v) is 6.21. The van der Waals surface area contributed by atoms with Crippen molar-refractivity contribution in [2.24, 2.45) is 18.9 Å². The molecule has 136 valence electrons. The third-order valence-electron chi connectivity index (χ3n) is 4.37. The zero-order valence-electron chi connectivity index (χ0n) is 14.9. The summed E-state index contributed by atoms with van der Waals surface area (Å²) in [5.74, 6) is 0.615. The summed E-state index contributed by atoms with van der Waals surface area (Å²) in [6, 6.07) is 0. The molecule has 0 saturated carbocycles. The first-order valence-corrected chi connectivity index (χ1v) is 9.97. The Labute approximate surface area is 144 Å². The first kappa shape index (κ1) is 18.9. The van der Waals surface area contributed by atoms with Gasteiger partial charge in [-0.3, -0.25) is 9.48 Å². The molecule has 1 aliphatic heterocycles. The molecule has 1 amide bonds. The number of carbonyl (C=O) groups excluding carboxylic acids is 1. The molecule has 1 saturated heterocycles. The van der Waals surface area contributed by atoms with Crippen LogP contribution in [0.25, 0.3) is 0 Å². The number of aromatic nitrogens is 2. The summed E-state index contributed by atoms with van der Waals surface area (Å²) < 4.78 is 28.6. The van der Waals surface area contributed by atoms with Gasteiger partial charge < -0.3 is 5.32 Å². The fourth-order valence-corrected chi connectivity index (χ4v) is 4.32. The average Bonchev–Trinajstić information content (AvgIpc) is 2.90. The average molecular weight is 356 g/mol. The van der Waals surface area contributed by atoms with Crippen molar-refractivity contribution in [1.82, 2.24) is 19.4 Å². The molecule has 2 rings (SSSR count). The van der Waals surface area contributed by atoms with E-state index >= 15 is 0 Å². The van der Waals surface area contributed by atoms with Gasteiger partial charge in [0, 0.05) is 32.9 Å². The number of amides is 1. The van der Waals surface area contributed by atoms with E-state index in [2.05, 4.69) is 31.2 Å². The molecule has 2 heterocycles. The standard InChI is InChI=1S/C16H28N4O3S/c1-12(2)5-8-17-15(21)14-11-19(4)18-16(14)24(22,23)20-9-6-13(3)7-10-20/h11-13H,5-10H2,1-4H3,(H,17,21). The Hall–Kier alpha value is -1.41. The second-order valence-corrected chi connectivity index (χ2v) is 8.90. The van der Waals surface area contributed by atoms with Crippen molar-refractivity contribution in [3.63, 3.8) is 0 Å². The van der Waals surface area contributed by atoms with Gasteiger partial charge in [0.05, 0.1) is 5.56 Å². The molecule has 0 spiro atoms. The maximum atomic E-state index is 12.9. The van der Waals surface area contributed by atoms with Gasteiger partial charge in [0.15, 0.2) is 0 Å². The molecule has 0 bridgehead atoms. The van der Waals surface area contributed by atoms with Crippen LogP contribution >= 0.6 is 0 Å². The minimum atomic E-state index is -3.74. The van der Waals surface area contributed by atoms with Crippen LogP contribution in [0.5, 0.6) is 0 Å². The summed E-state index contributed by atoms with van der Waals surface area (Å²) >= 11 is 0. The highest BCUT2D eigenvalue weighted by atomic mass is 32.2. The van der Waals surface area contributed by atoms with Crippen LogP contribution < -0.4 is 5.32 Å². The topological polar surface area (TPSA) is 84.3 Å². The van der Waals surface area contributed by atoms with Gasteiger partial charge in [0.1, 0.15) is 0 Å². The number of piperidine rings is 1. The lowest BCUT2D eigenvalue weighted by molar-refractivity contribution is 0.0948. The monoisotopic (exact) mass is 356 g/mol. The fourth-order valence-electron chi connectivity index (χ4n) is 2.73. The molecule has 1 aromatic rings. The van der Waals surface area contributed by atoms with Crippen molar-refractivity contribution in [3.8, 4) is 0 Å². The van der Waals surface area contributed by atoms with E-state index in [0.29, 0.717) is 31.5 Å². The Bertz CT molecular complexity index is 673. The first-order valence-electron chi connectivity index (χ1n) is 8.53. The van der Waals surface area contributed by atoms with Crippen LogP contribution in [0.15, 0.2) is 11.2 Å². The van der Waals surface area contributed by atoms with E-state index in [0.717, 1.165) is 19.3 Å². The zero-order chi connectivity index (χ0) is 17.9. The maximum absolute atomic E-state index is 12.9. The lowest BCUT2D eigenvalue weighted by Crippen LogP contribution is -2.39. The van der Waals surface area contributed by atoms with Gasteiger partial charge in [0.25, 0.3) is 15.9 Å². The molecule has 0 aliphatic carbocycles. The zero-order valence-corrected chi connectivity index (χ0v) is 15.8. The minimum absolute atomic E-state index is 0.125. The van der Waals surface area contributed by atoms with E-state index in [-0.39, 0.29) is 16.5 Å². The lowest BCUT2D eigenvalue weighted by Gasteiger charge is -2.28. The molecule has 8 heteroatoms. The van der Waals surface area contributed by atoms with Gasteiger partial charge >= 0.3 is 0 Å². The Morgan fingerprint density at radius 3 is 2.58 bits per heavy atom. The van der Waals surface area contributed by atoms with Crippen molar-refractivity contribution >= 4 is 15.9 Å². The first-order chi connectivity index (χ1) is 11.2. The molecule has 1 fully saturated rings. The maximum Gasteiger partial charge on any atom is 0.263 e. The highest BCUT2D eigenvalue weighted by Crippen LogP contribution is 2.24. The smallest absolute Gasteiger partial charge is 0.263 e. The van der Waals surface area contributed by atoms with E-state index in [1.54, 1.807) is 7.05 Å². The Morgan fingerprint density at radius 2 is 2.00 bits per heavy atom. The quantitative estimate of drug-likeness (QED) is 0.839. The summed E-state index contributed by atoms with van der Waals surface area (Å²) in [4.78, 5) is 12.4. The van der Waals surface area contributed by atoms with Gasteiger partial charge in [-0.05, 0) is 31.1 Å². The molecule has 1 aliphatic rings. The van der Waals surface area contributed by atoms with Crippen molar-refractivity contribution in [1.29, 1.82) is 0 Å². The number of hydrogen-bond donors (Lipinski definition) is 1.